The van der Waals surface area contributed by atoms with Crippen LogP contribution in [0.4, 0.5) is 5.13 Å². The maximum absolute atomic E-state index is 13.7. The largest absolute Gasteiger partial charge is 0.507 e. The number of hydrogen-bond donors (Lipinski definition) is 1. The molecule has 1 unspecified atom stereocenters. The number of amides is 1. The summed E-state index contributed by atoms with van der Waals surface area (Å²) >= 11 is 1.34. The fraction of sp³-hybridized carbons (Fsp3) is 0.303. The number of benzene rings is 3. The number of ketones is 1. The molecule has 1 fully saturated rings. The average molecular weight is 571 g/mol. The number of rotatable bonds is 8. The molecule has 1 aliphatic rings. The van der Waals surface area contributed by atoms with Gasteiger partial charge in [0.25, 0.3) is 5.78 Å². The summed E-state index contributed by atoms with van der Waals surface area (Å²) in [6.45, 7) is 10.6. The van der Waals surface area contributed by atoms with Crippen molar-refractivity contribution >= 4 is 44.1 Å². The second kappa shape index (κ2) is 11.4. The first-order chi connectivity index (χ1) is 19.6. The lowest BCUT2D eigenvalue weighted by Gasteiger charge is -2.24. The molecule has 1 aliphatic heterocycles. The van der Waals surface area contributed by atoms with E-state index in [0.717, 1.165) is 33.3 Å². The minimum Gasteiger partial charge on any atom is -0.507 e. The van der Waals surface area contributed by atoms with Crippen LogP contribution in [-0.2, 0) is 9.59 Å². The molecule has 0 spiro atoms. The highest BCUT2D eigenvalue weighted by atomic mass is 32.1. The Bertz CT molecular complexity index is 1690. The number of carbonyl (C=O) groups is 2. The van der Waals surface area contributed by atoms with Gasteiger partial charge < -0.3 is 14.6 Å². The number of aromatic nitrogens is 1. The van der Waals surface area contributed by atoms with Crippen molar-refractivity contribution < 1.29 is 24.2 Å². The summed E-state index contributed by atoms with van der Waals surface area (Å²) in [4.78, 5) is 33.5. The molecule has 1 amide bonds. The van der Waals surface area contributed by atoms with Crippen molar-refractivity contribution in [1.29, 1.82) is 0 Å². The molecule has 1 aromatic heterocycles. The fourth-order valence-electron chi connectivity index (χ4n) is 4.98. The lowest BCUT2D eigenvalue weighted by atomic mass is 9.93. The number of nitrogens with zero attached hydrogens (tertiary/aromatic N) is 2. The molecule has 0 bridgehead atoms. The van der Waals surface area contributed by atoms with Crippen LogP contribution in [-0.4, -0.2) is 35.5 Å². The van der Waals surface area contributed by atoms with Gasteiger partial charge in [-0.3, -0.25) is 14.5 Å². The zero-order chi connectivity index (χ0) is 29.4. The molecule has 1 atom stereocenters. The summed E-state index contributed by atoms with van der Waals surface area (Å²) in [5.74, 6) is -0.191. The van der Waals surface area contributed by atoms with Crippen molar-refractivity contribution in [1.82, 2.24) is 4.98 Å². The van der Waals surface area contributed by atoms with Crippen LogP contribution in [0.15, 0.2) is 60.2 Å². The first kappa shape index (κ1) is 28.4. The predicted octanol–water partition coefficient (Wildman–Crippen LogP) is 7.28. The Kier molecular flexibility index (Phi) is 7.87. The number of carbonyl (C=O) groups excluding carboxylic acids is 2. The Morgan fingerprint density at radius 1 is 1.00 bits per heavy atom. The Hall–Kier alpha value is -4.17. The molecule has 41 heavy (non-hydrogen) atoms. The monoisotopic (exact) mass is 570 g/mol. The number of ether oxygens (including phenoxy) is 2. The number of aliphatic hydroxyl groups excluding tert-OH is 1. The van der Waals surface area contributed by atoms with Crippen LogP contribution in [0.2, 0.25) is 0 Å². The summed E-state index contributed by atoms with van der Waals surface area (Å²) < 4.78 is 12.6. The number of thiazole rings is 1. The van der Waals surface area contributed by atoms with Crippen molar-refractivity contribution in [3.8, 4) is 11.5 Å². The van der Waals surface area contributed by atoms with Gasteiger partial charge in [-0.15, -0.1) is 0 Å². The Labute approximate surface area is 244 Å². The molecule has 212 valence electrons. The van der Waals surface area contributed by atoms with Gasteiger partial charge in [0.1, 0.15) is 5.76 Å². The van der Waals surface area contributed by atoms with Crippen molar-refractivity contribution in [2.75, 3.05) is 18.6 Å². The highest BCUT2D eigenvalue weighted by molar-refractivity contribution is 7.22. The second-order valence-electron chi connectivity index (χ2n) is 10.9. The maximum atomic E-state index is 13.7. The van der Waals surface area contributed by atoms with Crippen LogP contribution in [0.25, 0.3) is 16.0 Å². The van der Waals surface area contributed by atoms with Crippen LogP contribution in [0.5, 0.6) is 11.5 Å². The molecule has 3 aromatic carbocycles. The fourth-order valence-corrected chi connectivity index (χ4v) is 6.07. The van der Waals surface area contributed by atoms with E-state index in [2.05, 4.69) is 13.8 Å². The van der Waals surface area contributed by atoms with Gasteiger partial charge in [-0.25, -0.2) is 4.98 Å². The molecule has 1 saturated heterocycles. The number of fused-ring (bicyclic) bond motifs is 1. The highest BCUT2D eigenvalue weighted by Crippen LogP contribution is 2.46. The summed E-state index contributed by atoms with van der Waals surface area (Å²) in [6, 6.07) is 16.0. The van der Waals surface area contributed by atoms with Gasteiger partial charge in [0.15, 0.2) is 16.6 Å². The smallest absolute Gasteiger partial charge is 0.301 e. The third kappa shape index (κ3) is 5.44. The lowest BCUT2D eigenvalue weighted by Crippen LogP contribution is -2.29. The molecular formula is C33H34N2O5S. The molecule has 7 nitrogen and oxygen atoms in total. The second-order valence-corrected chi connectivity index (χ2v) is 11.9. The summed E-state index contributed by atoms with van der Waals surface area (Å²) in [6.07, 6.45) is 0.887. The zero-order valence-corrected chi connectivity index (χ0v) is 25.0. The molecule has 5 rings (SSSR count). The molecular weight excluding hydrogens is 536 g/mol. The van der Waals surface area contributed by atoms with E-state index in [1.807, 2.05) is 63.2 Å². The standard InChI is InChI=1S/C33H34N2O5S/c1-18(2)13-14-40-25-12-10-22(17-26(25)39-6)29-28(30(36)23-15-19(3)7-9-21(23)5)31(37)32(38)35(29)33-34-24-11-8-20(4)16-27(24)41-33/h7-12,15-18,29,36H,13-14H2,1-6H3/b30-28+. The van der Waals surface area contributed by atoms with E-state index in [-0.39, 0.29) is 11.3 Å². The first-order valence-electron chi connectivity index (χ1n) is 13.7. The van der Waals surface area contributed by atoms with Crippen LogP contribution in [0.1, 0.15) is 54.1 Å². The minimum absolute atomic E-state index is 0.00895. The van der Waals surface area contributed by atoms with E-state index >= 15 is 0 Å². The van der Waals surface area contributed by atoms with Gasteiger partial charge in [0, 0.05) is 5.56 Å². The average Bonchev–Trinajstić information content (AvgIpc) is 3.47. The van der Waals surface area contributed by atoms with E-state index < -0.39 is 17.7 Å². The van der Waals surface area contributed by atoms with Crippen LogP contribution < -0.4 is 14.4 Å². The molecule has 0 aliphatic carbocycles. The molecule has 0 radical (unpaired) electrons. The minimum atomic E-state index is -0.921. The van der Waals surface area contributed by atoms with Crippen molar-refractivity contribution in [2.24, 2.45) is 5.92 Å². The molecule has 4 aromatic rings. The van der Waals surface area contributed by atoms with Gasteiger partial charge in [-0.1, -0.05) is 55.0 Å². The van der Waals surface area contributed by atoms with Gasteiger partial charge in [-0.2, -0.15) is 0 Å². The molecule has 1 N–H and O–H groups in total. The topological polar surface area (TPSA) is 89.0 Å². The van der Waals surface area contributed by atoms with E-state index in [1.54, 1.807) is 19.2 Å². The van der Waals surface area contributed by atoms with E-state index in [0.29, 0.717) is 40.3 Å². The summed E-state index contributed by atoms with van der Waals surface area (Å²) in [5, 5.41) is 12.0. The Morgan fingerprint density at radius 2 is 1.73 bits per heavy atom. The number of methoxy groups -OCH3 is 1. The third-order valence-corrected chi connectivity index (χ3v) is 8.30. The number of Topliss-reactive ketones (excluding diaryl/α,β-unsaturated/α-hetero) is 1. The molecule has 2 heterocycles. The number of aliphatic hydroxyl groups is 1. The normalized spacial score (nSPS) is 16.7. The highest BCUT2D eigenvalue weighted by Gasteiger charge is 2.48. The first-order valence-corrected chi connectivity index (χ1v) is 14.5. The van der Waals surface area contributed by atoms with E-state index in [4.69, 9.17) is 14.5 Å². The Morgan fingerprint density at radius 3 is 2.46 bits per heavy atom. The van der Waals surface area contributed by atoms with Crippen molar-refractivity contribution in [3.63, 3.8) is 0 Å². The maximum Gasteiger partial charge on any atom is 0.301 e. The van der Waals surface area contributed by atoms with Crippen LogP contribution in [0.3, 0.4) is 0 Å². The summed E-state index contributed by atoms with van der Waals surface area (Å²) in [7, 11) is 1.55. The lowest BCUT2D eigenvalue weighted by molar-refractivity contribution is -0.132. The molecule has 0 saturated carbocycles. The van der Waals surface area contributed by atoms with E-state index in [1.165, 1.54) is 16.2 Å². The van der Waals surface area contributed by atoms with Gasteiger partial charge in [-0.05, 0) is 80.1 Å². The van der Waals surface area contributed by atoms with Crippen LogP contribution in [0, 0.1) is 26.7 Å². The molecule has 8 heteroatoms. The number of anilines is 1. The van der Waals surface area contributed by atoms with Crippen LogP contribution >= 0.6 is 11.3 Å². The number of aryl methyl sites for hydroxylation is 3. The SMILES string of the molecule is COc1cc(C2/C(=C(\O)c3cc(C)ccc3C)C(=O)C(=O)N2c2nc3ccc(C)cc3s2)ccc1OCCC(C)C. The van der Waals surface area contributed by atoms with Gasteiger partial charge in [0.2, 0.25) is 0 Å². The quantitative estimate of drug-likeness (QED) is 0.136. The zero-order valence-electron chi connectivity index (χ0n) is 24.1. The number of hydrogen-bond acceptors (Lipinski definition) is 7. The third-order valence-electron chi connectivity index (χ3n) is 7.29. The van der Waals surface area contributed by atoms with Gasteiger partial charge >= 0.3 is 5.91 Å². The summed E-state index contributed by atoms with van der Waals surface area (Å²) in [5.41, 5.74) is 4.63. The van der Waals surface area contributed by atoms with E-state index in [9.17, 15) is 14.7 Å². The Balaban J connectivity index is 1.69. The predicted molar refractivity (Wildman–Crippen MR) is 163 cm³/mol. The van der Waals surface area contributed by atoms with Crippen molar-refractivity contribution in [3.05, 3.63) is 88.0 Å². The van der Waals surface area contributed by atoms with Gasteiger partial charge in [0.05, 0.1) is 35.5 Å². The van der Waals surface area contributed by atoms with Crippen molar-refractivity contribution in [2.45, 2.75) is 47.1 Å².